The van der Waals surface area contributed by atoms with E-state index in [0.717, 1.165) is 24.2 Å². The summed E-state index contributed by atoms with van der Waals surface area (Å²) in [6, 6.07) is 16.3. The summed E-state index contributed by atoms with van der Waals surface area (Å²) in [5, 5.41) is 6.11. The normalized spacial score (nSPS) is 10.4. The maximum Gasteiger partial charge on any atom is 0.238 e. The summed E-state index contributed by atoms with van der Waals surface area (Å²) in [6.07, 6.45) is 0.928. The Bertz CT molecular complexity index is 593. The molecular weight excluding hydrogens is 260 g/mol. The van der Waals surface area contributed by atoms with E-state index in [-0.39, 0.29) is 5.91 Å². The summed E-state index contributed by atoms with van der Waals surface area (Å²) < 4.78 is 0. The average molecular weight is 282 g/mol. The number of benzene rings is 2. The average Bonchev–Trinajstić information content (AvgIpc) is 2.48. The predicted molar refractivity (Wildman–Crippen MR) is 87.6 cm³/mol. The number of aryl methyl sites for hydroxylation is 2. The Balaban J connectivity index is 1.72. The van der Waals surface area contributed by atoms with Crippen LogP contribution in [0.15, 0.2) is 48.5 Å². The maximum absolute atomic E-state index is 11.9. The number of carbonyl (C=O) groups is 1. The van der Waals surface area contributed by atoms with E-state index in [2.05, 4.69) is 28.8 Å². The van der Waals surface area contributed by atoms with Crippen LogP contribution in [0.25, 0.3) is 0 Å². The highest BCUT2D eigenvalue weighted by molar-refractivity contribution is 5.92. The highest BCUT2D eigenvalue weighted by Gasteiger charge is 2.04. The van der Waals surface area contributed by atoms with Gasteiger partial charge in [-0.05, 0) is 44.0 Å². The quantitative estimate of drug-likeness (QED) is 0.799. The van der Waals surface area contributed by atoms with Gasteiger partial charge in [0, 0.05) is 5.69 Å². The van der Waals surface area contributed by atoms with E-state index in [9.17, 15) is 4.79 Å². The summed E-state index contributed by atoms with van der Waals surface area (Å²) in [7, 11) is 0. The van der Waals surface area contributed by atoms with E-state index in [1.54, 1.807) is 0 Å². The van der Waals surface area contributed by atoms with Crippen molar-refractivity contribution >= 4 is 11.6 Å². The molecule has 0 aliphatic carbocycles. The van der Waals surface area contributed by atoms with Crippen LogP contribution in [0.1, 0.15) is 16.7 Å². The van der Waals surface area contributed by atoms with Crippen LogP contribution in [0.3, 0.4) is 0 Å². The van der Waals surface area contributed by atoms with Gasteiger partial charge in [-0.25, -0.2) is 0 Å². The fourth-order valence-electron chi connectivity index (χ4n) is 2.23. The Labute approximate surface area is 126 Å². The topological polar surface area (TPSA) is 41.1 Å². The van der Waals surface area contributed by atoms with Crippen molar-refractivity contribution in [2.45, 2.75) is 20.3 Å². The Morgan fingerprint density at radius 3 is 2.52 bits per heavy atom. The summed E-state index contributed by atoms with van der Waals surface area (Å²) >= 11 is 0. The van der Waals surface area contributed by atoms with Gasteiger partial charge in [0.05, 0.1) is 6.54 Å². The molecule has 0 fully saturated rings. The summed E-state index contributed by atoms with van der Waals surface area (Å²) in [5.74, 6) is -0.00462. The maximum atomic E-state index is 11.9. The van der Waals surface area contributed by atoms with Crippen molar-refractivity contribution in [3.8, 4) is 0 Å². The predicted octanol–water partition coefficient (Wildman–Crippen LogP) is 3.07. The van der Waals surface area contributed by atoms with Crippen molar-refractivity contribution in [2.75, 3.05) is 18.4 Å². The molecule has 110 valence electrons. The molecule has 3 heteroatoms. The largest absolute Gasteiger partial charge is 0.325 e. The molecule has 2 aromatic carbocycles. The molecular formula is C18H22N2O. The molecule has 2 aromatic rings. The highest BCUT2D eigenvalue weighted by Crippen LogP contribution is 2.15. The van der Waals surface area contributed by atoms with Crippen molar-refractivity contribution in [3.63, 3.8) is 0 Å². The van der Waals surface area contributed by atoms with Gasteiger partial charge in [0.25, 0.3) is 0 Å². The van der Waals surface area contributed by atoms with Crippen LogP contribution in [-0.2, 0) is 11.2 Å². The van der Waals surface area contributed by atoms with Gasteiger partial charge in [-0.1, -0.05) is 48.0 Å². The number of hydrogen-bond donors (Lipinski definition) is 2. The first-order valence-electron chi connectivity index (χ1n) is 7.27. The SMILES string of the molecule is Cc1ccc(NC(=O)CNCCc2ccccc2)c(C)c1. The number of carbonyl (C=O) groups excluding carboxylic acids is 1. The first-order valence-corrected chi connectivity index (χ1v) is 7.27. The lowest BCUT2D eigenvalue weighted by atomic mass is 10.1. The zero-order chi connectivity index (χ0) is 15.1. The Hall–Kier alpha value is -2.13. The summed E-state index contributed by atoms with van der Waals surface area (Å²) in [5.41, 5.74) is 4.45. The number of amides is 1. The lowest BCUT2D eigenvalue weighted by Crippen LogP contribution is -2.29. The van der Waals surface area contributed by atoms with Crippen molar-refractivity contribution < 1.29 is 4.79 Å². The molecule has 21 heavy (non-hydrogen) atoms. The lowest BCUT2D eigenvalue weighted by Gasteiger charge is -2.10. The second-order valence-corrected chi connectivity index (χ2v) is 5.28. The molecule has 0 unspecified atom stereocenters. The van der Waals surface area contributed by atoms with Gasteiger partial charge in [0.2, 0.25) is 5.91 Å². The minimum absolute atomic E-state index is 0.00462. The first kappa shape index (κ1) is 15.3. The van der Waals surface area contributed by atoms with Gasteiger partial charge in [-0.3, -0.25) is 4.79 Å². The monoisotopic (exact) mass is 282 g/mol. The molecule has 2 N–H and O–H groups in total. The minimum atomic E-state index is -0.00462. The lowest BCUT2D eigenvalue weighted by molar-refractivity contribution is -0.115. The van der Waals surface area contributed by atoms with Crippen molar-refractivity contribution in [3.05, 3.63) is 65.2 Å². The smallest absolute Gasteiger partial charge is 0.238 e. The Kier molecular flexibility index (Phi) is 5.52. The fraction of sp³-hybridized carbons (Fsp3) is 0.278. The zero-order valence-electron chi connectivity index (χ0n) is 12.6. The van der Waals surface area contributed by atoms with Gasteiger partial charge in [0.15, 0.2) is 0 Å². The molecule has 0 saturated heterocycles. The summed E-state index contributed by atoms with van der Waals surface area (Å²) in [4.78, 5) is 11.9. The molecule has 0 radical (unpaired) electrons. The molecule has 0 bridgehead atoms. The first-order chi connectivity index (χ1) is 10.1. The van der Waals surface area contributed by atoms with Gasteiger partial charge < -0.3 is 10.6 Å². The molecule has 0 aliphatic rings. The van der Waals surface area contributed by atoms with E-state index in [0.29, 0.717) is 6.54 Å². The minimum Gasteiger partial charge on any atom is -0.325 e. The molecule has 0 saturated carbocycles. The highest BCUT2D eigenvalue weighted by atomic mass is 16.1. The third-order valence-electron chi connectivity index (χ3n) is 3.37. The van der Waals surface area contributed by atoms with E-state index in [4.69, 9.17) is 0 Å². The van der Waals surface area contributed by atoms with Crippen molar-refractivity contribution in [1.82, 2.24) is 5.32 Å². The van der Waals surface area contributed by atoms with E-state index in [1.165, 1.54) is 11.1 Å². The second-order valence-electron chi connectivity index (χ2n) is 5.28. The van der Waals surface area contributed by atoms with Crippen LogP contribution in [0.2, 0.25) is 0 Å². The summed E-state index contributed by atoms with van der Waals surface area (Å²) in [6.45, 7) is 5.18. The standard InChI is InChI=1S/C18H22N2O/c1-14-8-9-17(15(2)12-14)20-18(21)13-19-11-10-16-6-4-3-5-7-16/h3-9,12,19H,10-11,13H2,1-2H3,(H,20,21). The molecule has 2 rings (SSSR count). The van der Waals surface area contributed by atoms with Crippen LogP contribution < -0.4 is 10.6 Å². The van der Waals surface area contributed by atoms with Crippen LogP contribution in [-0.4, -0.2) is 19.0 Å². The van der Waals surface area contributed by atoms with E-state index >= 15 is 0 Å². The van der Waals surface area contributed by atoms with Crippen LogP contribution in [0, 0.1) is 13.8 Å². The molecule has 0 aromatic heterocycles. The van der Waals surface area contributed by atoms with Gasteiger partial charge in [-0.2, -0.15) is 0 Å². The fourth-order valence-corrected chi connectivity index (χ4v) is 2.23. The van der Waals surface area contributed by atoms with Crippen molar-refractivity contribution in [1.29, 1.82) is 0 Å². The van der Waals surface area contributed by atoms with Gasteiger partial charge >= 0.3 is 0 Å². The Morgan fingerprint density at radius 1 is 1.05 bits per heavy atom. The number of rotatable bonds is 6. The molecule has 0 atom stereocenters. The number of nitrogens with one attached hydrogen (secondary N) is 2. The third kappa shape index (κ3) is 5.04. The molecule has 3 nitrogen and oxygen atoms in total. The molecule has 1 amide bonds. The molecule has 0 heterocycles. The van der Waals surface area contributed by atoms with Crippen LogP contribution in [0.4, 0.5) is 5.69 Å². The van der Waals surface area contributed by atoms with Crippen LogP contribution >= 0.6 is 0 Å². The number of hydrogen-bond acceptors (Lipinski definition) is 2. The second kappa shape index (κ2) is 7.60. The number of anilines is 1. The zero-order valence-corrected chi connectivity index (χ0v) is 12.6. The molecule has 0 spiro atoms. The van der Waals surface area contributed by atoms with Gasteiger partial charge in [0.1, 0.15) is 0 Å². The third-order valence-corrected chi connectivity index (χ3v) is 3.37. The van der Waals surface area contributed by atoms with E-state index < -0.39 is 0 Å². The van der Waals surface area contributed by atoms with Crippen LogP contribution in [0.5, 0.6) is 0 Å². The van der Waals surface area contributed by atoms with E-state index in [1.807, 2.05) is 44.2 Å². The van der Waals surface area contributed by atoms with Crippen molar-refractivity contribution in [2.24, 2.45) is 0 Å². The van der Waals surface area contributed by atoms with Gasteiger partial charge in [-0.15, -0.1) is 0 Å². The Morgan fingerprint density at radius 2 is 1.81 bits per heavy atom. The molecule has 0 aliphatic heterocycles.